The number of amides is 1. The third kappa shape index (κ3) is 4.44. The lowest BCUT2D eigenvalue weighted by Crippen LogP contribution is -2.38. The highest BCUT2D eigenvalue weighted by Crippen LogP contribution is 2.25. The fourth-order valence-corrected chi connectivity index (χ4v) is 1.68. The van der Waals surface area contributed by atoms with Gasteiger partial charge in [0.2, 0.25) is 0 Å². The summed E-state index contributed by atoms with van der Waals surface area (Å²) in [5, 5.41) is 6.16. The van der Waals surface area contributed by atoms with Gasteiger partial charge in [0.15, 0.2) is 0 Å². The number of carbonyl (C=O) groups excluding carboxylic acids is 1. The van der Waals surface area contributed by atoms with E-state index in [1.165, 1.54) is 17.9 Å². The first-order chi connectivity index (χ1) is 9.14. The Bertz CT molecular complexity index is 469. The lowest BCUT2D eigenvalue weighted by Gasteiger charge is -2.23. The van der Waals surface area contributed by atoms with Crippen LogP contribution in [0.1, 0.15) is 44.5 Å². The molecule has 0 aliphatic heterocycles. The number of rotatable bonds is 4. The van der Waals surface area contributed by atoms with Crippen LogP contribution < -0.4 is 11.1 Å². The van der Waals surface area contributed by atoms with Gasteiger partial charge in [0, 0.05) is 25.4 Å². The number of hydrogen-bond donors (Lipinski definition) is 2. The Morgan fingerprint density at radius 2 is 2.15 bits per heavy atom. The fourth-order valence-electron chi connectivity index (χ4n) is 1.68. The van der Waals surface area contributed by atoms with Gasteiger partial charge in [0.05, 0.1) is 6.04 Å². The lowest BCUT2D eigenvalue weighted by molar-refractivity contribution is 0.0503. The van der Waals surface area contributed by atoms with Crippen LogP contribution in [0.5, 0.6) is 0 Å². The summed E-state index contributed by atoms with van der Waals surface area (Å²) in [4.78, 5) is 11.7. The average Bonchev–Trinajstić information content (AvgIpc) is 2.65. The van der Waals surface area contributed by atoms with Crippen molar-refractivity contribution in [3.63, 3.8) is 0 Å². The molecule has 8 heteroatoms. The molecule has 0 saturated carbocycles. The van der Waals surface area contributed by atoms with Gasteiger partial charge in [-0.3, -0.25) is 4.68 Å². The molecule has 0 fully saturated rings. The number of ether oxygens (including phenoxy) is 1. The molecule has 1 rings (SSSR count). The molecule has 0 spiro atoms. The van der Waals surface area contributed by atoms with Gasteiger partial charge in [-0.25, -0.2) is 13.6 Å². The summed E-state index contributed by atoms with van der Waals surface area (Å²) in [6.07, 6.45) is -2.03. The van der Waals surface area contributed by atoms with Gasteiger partial charge in [-0.2, -0.15) is 5.10 Å². The zero-order chi connectivity index (χ0) is 15.5. The summed E-state index contributed by atoms with van der Waals surface area (Å²) in [5.41, 5.74) is 4.67. The van der Waals surface area contributed by atoms with Crippen molar-refractivity contribution in [2.45, 2.75) is 38.8 Å². The van der Waals surface area contributed by atoms with Crippen LogP contribution in [0, 0.1) is 0 Å². The topological polar surface area (TPSA) is 82.2 Å². The Kier molecular flexibility index (Phi) is 5.04. The quantitative estimate of drug-likeness (QED) is 0.887. The number of alkyl carbamates (subject to hydrolysis) is 1. The number of alkyl halides is 2. The Labute approximate surface area is 116 Å². The summed E-state index contributed by atoms with van der Waals surface area (Å²) in [6, 6.07) is -0.775. The molecule has 0 bridgehead atoms. The Balaban J connectivity index is 2.89. The summed E-state index contributed by atoms with van der Waals surface area (Å²) >= 11 is 0. The fraction of sp³-hybridized carbons (Fsp3) is 0.667. The molecule has 1 heterocycles. The molecular weight excluding hydrogens is 270 g/mol. The SMILES string of the molecule is Cn1cc(C(CN)NC(=O)OC(C)(C)C)c(C(F)F)n1. The van der Waals surface area contributed by atoms with Crippen LogP contribution >= 0.6 is 0 Å². The third-order valence-corrected chi connectivity index (χ3v) is 2.40. The molecule has 1 unspecified atom stereocenters. The summed E-state index contributed by atoms with van der Waals surface area (Å²) < 4.78 is 32.1. The first kappa shape index (κ1) is 16.4. The third-order valence-electron chi connectivity index (χ3n) is 2.40. The summed E-state index contributed by atoms with van der Waals surface area (Å²) in [7, 11) is 1.52. The van der Waals surface area contributed by atoms with E-state index < -0.39 is 24.2 Å². The van der Waals surface area contributed by atoms with Gasteiger partial charge in [0.1, 0.15) is 11.3 Å². The molecule has 3 N–H and O–H groups in total. The van der Waals surface area contributed by atoms with Crippen LogP contribution in [0.3, 0.4) is 0 Å². The van der Waals surface area contributed by atoms with Crippen molar-refractivity contribution in [2.24, 2.45) is 12.8 Å². The number of hydrogen-bond acceptors (Lipinski definition) is 4. The molecule has 1 amide bonds. The Morgan fingerprint density at radius 3 is 2.60 bits per heavy atom. The number of aromatic nitrogens is 2. The van der Waals surface area contributed by atoms with Crippen molar-refractivity contribution in [3.05, 3.63) is 17.5 Å². The van der Waals surface area contributed by atoms with Crippen molar-refractivity contribution >= 4 is 6.09 Å². The van der Waals surface area contributed by atoms with Gasteiger partial charge in [-0.1, -0.05) is 0 Å². The second-order valence-corrected chi connectivity index (χ2v) is 5.38. The second kappa shape index (κ2) is 6.17. The van der Waals surface area contributed by atoms with Crippen molar-refractivity contribution in [3.8, 4) is 0 Å². The summed E-state index contributed by atoms with van der Waals surface area (Å²) in [5.74, 6) is 0. The van der Waals surface area contributed by atoms with E-state index >= 15 is 0 Å². The minimum absolute atomic E-state index is 0.0370. The van der Waals surface area contributed by atoms with Crippen LogP contribution in [0.25, 0.3) is 0 Å². The zero-order valence-electron chi connectivity index (χ0n) is 12.0. The van der Waals surface area contributed by atoms with Crippen LogP contribution in [0.15, 0.2) is 6.20 Å². The van der Waals surface area contributed by atoms with E-state index in [-0.39, 0.29) is 17.8 Å². The van der Waals surface area contributed by atoms with E-state index in [4.69, 9.17) is 10.5 Å². The molecule has 1 atom stereocenters. The van der Waals surface area contributed by atoms with Gasteiger partial charge in [0.25, 0.3) is 6.43 Å². The molecule has 0 aliphatic rings. The molecule has 0 saturated heterocycles. The van der Waals surface area contributed by atoms with Crippen LogP contribution in [0.2, 0.25) is 0 Å². The molecule has 1 aromatic rings. The molecular formula is C12H20F2N4O2. The highest BCUT2D eigenvalue weighted by molar-refractivity contribution is 5.68. The number of carbonyl (C=O) groups is 1. The number of nitrogens with one attached hydrogen (secondary N) is 1. The van der Waals surface area contributed by atoms with Gasteiger partial charge < -0.3 is 15.8 Å². The van der Waals surface area contributed by atoms with Crippen molar-refractivity contribution in [2.75, 3.05) is 6.54 Å². The smallest absolute Gasteiger partial charge is 0.408 e. The maximum atomic E-state index is 12.9. The minimum Gasteiger partial charge on any atom is -0.444 e. The number of nitrogens with two attached hydrogens (primary N) is 1. The van der Waals surface area contributed by atoms with Crippen molar-refractivity contribution < 1.29 is 18.3 Å². The number of aryl methyl sites for hydroxylation is 1. The van der Waals surface area contributed by atoms with Crippen molar-refractivity contribution in [1.29, 1.82) is 0 Å². The summed E-state index contributed by atoms with van der Waals surface area (Å²) in [6.45, 7) is 5.08. The molecule has 114 valence electrons. The predicted octanol–water partition coefficient (Wildman–Crippen LogP) is 1.88. The van der Waals surface area contributed by atoms with E-state index in [0.29, 0.717) is 0 Å². The van der Waals surface area contributed by atoms with Gasteiger partial charge in [-0.05, 0) is 20.8 Å². The van der Waals surface area contributed by atoms with E-state index in [2.05, 4.69) is 10.4 Å². The second-order valence-electron chi connectivity index (χ2n) is 5.38. The number of nitrogens with zero attached hydrogens (tertiary/aromatic N) is 2. The van der Waals surface area contributed by atoms with E-state index in [1.54, 1.807) is 20.8 Å². The monoisotopic (exact) mass is 290 g/mol. The first-order valence-corrected chi connectivity index (χ1v) is 6.15. The van der Waals surface area contributed by atoms with Crippen LogP contribution in [0.4, 0.5) is 13.6 Å². The predicted molar refractivity (Wildman–Crippen MR) is 69.3 cm³/mol. The highest BCUT2D eigenvalue weighted by atomic mass is 19.3. The highest BCUT2D eigenvalue weighted by Gasteiger charge is 2.26. The molecule has 0 aromatic carbocycles. The molecule has 1 aromatic heterocycles. The van der Waals surface area contributed by atoms with Gasteiger partial charge >= 0.3 is 6.09 Å². The van der Waals surface area contributed by atoms with Gasteiger partial charge in [-0.15, -0.1) is 0 Å². The van der Waals surface area contributed by atoms with E-state index in [1.807, 2.05) is 0 Å². The van der Waals surface area contributed by atoms with E-state index in [9.17, 15) is 13.6 Å². The molecule has 20 heavy (non-hydrogen) atoms. The Hall–Kier alpha value is -1.70. The average molecular weight is 290 g/mol. The van der Waals surface area contributed by atoms with Crippen LogP contribution in [-0.2, 0) is 11.8 Å². The van der Waals surface area contributed by atoms with E-state index in [0.717, 1.165) is 0 Å². The maximum absolute atomic E-state index is 12.9. The Morgan fingerprint density at radius 1 is 1.55 bits per heavy atom. The standard InChI is InChI=1S/C12H20F2N4O2/c1-12(2,3)20-11(19)16-8(5-15)7-6-18(4)17-9(7)10(13)14/h6,8,10H,5,15H2,1-4H3,(H,16,19). The first-order valence-electron chi connectivity index (χ1n) is 6.15. The minimum atomic E-state index is -2.74. The molecule has 0 radical (unpaired) electrons. The largest absolute Gasteiger partial charge is 0.444 e. The zero-order valence-corrected chi connectivity index (χ0v) is 12.0. The van der Waals surface area contributed by atoms with Crippen LogP contribution in [-0.4, -0.2) is 28.0 Å². The molecule has 0 aliphatic carbocycles. The maximum Gasteiger partial charge on any atom is 0.408 e. The molecule has 6 nitrogen and oxygen atoms in total. The lowest BCUT2D eigenvalue weighted by atomic mass is 10.1. The number of halogens is 2. The normalized spacial score (nSPS) is 13.4. The van der Waals surface area contributed by atoms with Crippen molar-refractivity contribution in [1.82, 2.24) is 15.1 Å².